The normalized spacial score (nSPS) is 19.9. The Bertz CT molecular complexity index is 862. The summed E-state index contributed by atoms with van der Waals surface area (Å²) in [6.45, 7) is 8.03. The molecule has 1 saturated heterocycles. The molecule has 1 aliphatic rings. The van der Waals surface area contributed by atoms with Crippen molar-refractivity contribution in [3.05, 3.63) is 66.0 Å². The Balaban J connectivity index is 2.18. The lowest BCUT2D eigenvalue weighted by Gasteiger charge is -2.32. The molecule has 28 heavy (non-hydrogen) atoms. The van der Waals surface area contributed by atoms with Crippen LogP contribution in [0.3, 0.4) is 0 Å². The van der Waals surface area contributed by atoms with Crippen LogP contribution in [-0.2, 0) is 14.2 Å². The van der Waals surface area contributed by atoms with Crippen molar-refractivity contribution in [3.63, 3.8) is 0 Å². The fourth-order valence-corrected chi connectivity index (χ4v) is 3.51. The smallest absolute Gasteiger partial charge is 0.188 e. The average Bonchev–Trinajstić information content (AvgIpc) is 3.49. The van der Waals surface area contributed by atoms with Crippen LogP contribution in [0.25, 0.3) is 11.1 Å². The first-order valence-corrected chi connectivity index (χ1v) is 9.18. The monoisotopic (exact) mass is 386 g/mol. The fraction of sp³-hybridized carbons (Fsp3) is 0.391. The van der Waals surface area contributed by atoms with Gasteiger partial charge >= 0.3 is 0 Å². The summed E-state index contributed by atoms with van der Waals surface area (Å²) in [5.74, 6) is 0.270. The van der Waals surface area contributed by atoms with E-state index in [9.17, 15) is 4.39 Å². The zero-order chi connectivity index (χ0) is 20.5. The van der Waals surface area contributed by atoms with E-state index in [0.717, 1.165) is 16.7 Å². The summed E-state index contributed by atoms with van der Waals surface area (Å²) in [6, 6.07) is 10.6. The van der Waals surface area contributed by atoms with Crippen molar-refractivity contribution in [1.82, 2.24) is 0 Å². The van der Waals surface area contributed by atoms with Crippen LogP contribution in [0.2, 0.25) is 0 Å². The van der Waals surface area contributed by atoms with E-state index in [-0.39, 0.29) is 29.7 Å². The van der Waals surface area contributed by atoms with Crippen molar-refractivity contribution in [2.75, 3.05) is 21.3 Å². The molecule has 0 spiro atoms. The van der Waals surface area contributed by atoms with Crippen molar-refractivity contribution in [2.24, 2.45) is 5.41 Å². The van der Waals surface area contributed by atoms with Crippen molar-refractivity contribution in [3.8, 4) is 16.9 Å². The molecule has 0 aliphatic carbocycles. The lowest BCUT2D eigenvalue weighted by Crippen LogP contribution is -2.22. The number of methoxy groups -OCH3 is 3. The summed E-state index contributed by atoms with van der Waals surface area (Å²) >= 11 is 0. The third-order valence-electron chi connectivity index (χ3n) is 5.27. The van der Waals surface area contributed by atoms with Gasteiger partial charge in [0.15, 0.2) is 6.29 Å². The Labute approximate surface area is 165 Å². The van der Waals surface area contributed by atoms with Crippen LogP contribution in [0.4, 0.5) is 4.39 Å². The number of ether oxygens (including phenoxy) is 4. The molecule has 0 N–H and O–H groups in total. The third-order valence-corrected chi connectivity index (χ3v) is 5.27. The predicted octanol–water partition coefficient (Wildman–Crippen LogP) is 5.44. The van der Waals surface area contributed by atoms with Crippen LogP contribution in [0.15, 0.2) is 49.1 Å². The second-order valence-corrected chi connectivity index (χ2v) is 7.49. The van der Waals surface area contributed by atoms with Crippen molar-refractivity contribution in [1.29, 1.82) is 0 Å². The number of epoxide rings is 1. The van der Waals surface area contributed by atoms with E-state index < -0.39 is 0 Å². The molecule has 0 bridgehead atoms. The first-order valence-electron chi connectivity index (χ1n) is 9.18. The summed E-state index contributed by atoms with van der Waals surface area (Å²) in [4.78, 5) is 0. The van der Waals surface area contributed by atoms with Gasteiger partial charge in [0, 0.05) is 25.2 Å². The second-order valence-electron chi connectivity index (χ2n) is 7.49. The quantitative estimate of drug-likeness (QED) is 0.447. The Morgan fingerprint density at radius 1 is 1.11 bits per heavy atom. The summed E-state index contributed by atoms with van der Waals surface area (Å²) in [5.41, 5.74) is 2.67. The molecule has 2 aromatic carbocycles. The fourth-order valence-electron chi connectivity index (χ4n) is 3.51. The molecule has 0 saturated carbocycles. The maximum atomic E-state index is 14.7. The highest BCUT2D eigenvalue weighted by Gasteiger charge is 2.41. The van der Waals surface area contributed by atoms with Gasteiger partial charge in [0.2, 0.25) is 0 Å². The molecular formula is C23H27FO4. The molecular weight excluding hydrogens is 359 g/mol. The number of benzene rings is 2. The van der Waals surface area contributed by atoms with E-state index in [0.29, 0.717) is 11.3 Å². The van der Waals surface area contributed by atoms with Gasteiger partial charge in [-0.1, -0.05) is 32.1 Å². The van der Waals surface area contributed by atoms with Crippen molar-refractivity contribution in [2.45, 2.75) is 32.3 Å². The van der Waals surface area contributed by atoms with E-state index in [4.69, 9.17) is 18.9 Å². The van der Waals surface area contributed by atoms with Gasteiger partial charge in [-0.05, 0) is 41.0 Å². The molecule has 3 atom stereocenters. The van der Waals surface area contributed by atoms with Crippen LogP contribution >= 0.6 is 0 Å². The molecule has 0 radical (unpaired) electrons. The van der Waals surface area contributed by atoms with E-state index >= 15 is 0 Å². The first kappa shape index (κ1) is 20.5. The minimum absolute atomic E-state index is 0.127. The molecule has 1 fully saturated rings. The summed E-state index contributed by atoms with van der Waals surface area (Å²) in [7, 11) is 4.83. The molecule has 1 heterocycles. The zero-order valence-electron chi connectivity index (χ0n) is 17.0. The average molecular weight is 386 g/mol. The molecule has 0 aromatic heterocycles. The SMILES string of the molecule is C=CC(C)(C)C(OC)c1cc(C2OC2OC)ccc1-c1cc(OC)ccc1F. The highest BCUT2D eigenvalue weighted by atomic mass is 19.1. The van der Waals surface area contributed by atoms with E-state index in [1.165, 1.54) is 6.07 Å². The maximum absolute atomic E-state index is 14.7. The molecule has 150 valence electrons. The van der Waals surface area contributed by atoms with Gasteiger partial charge in [0.1, 0.15) is 17.7 Å². The van der Waals surface area contributed by atoms with E-state index in [2.05, 4.69) is 6.58 Å². The highest BCUT2D eigenvalue weighted by Crippen LogP contribution is 2.46. The van der Waals surface area contributed by atoms with Gasteiger partial charge in [0.25, 0.3) is 0 Å². The zero-order valence-corrected chi connectivity index (χ0v) is 17.0. The molecule has 0 amide bonds. The number of halogens is 1. The molecule has 5 heteroatoms. The number of hydrogen-bond acceptors (Lipinski definition) is 4. The van der Waals surface area contributed by atoms with Gasteiger partial charge in [0.05, 0.1) is 13.2 Å². The van der Waals surface area contributed by atoms with Crippen molar-refractivity contribution >= 4 is 0 Å². The second kappa shape index (κ2) is 8.03. The van der Waals surface area contributed by atoms with Crippen LogP contribution in [0.1, 0.15) is 37.2 Å². The standard InChI is InChI=1S/C23H27FO4/c1-7-23(2,3)21(26-5)18-12-14(20-22(27-6)28-20)8-10-16(18)17-13-15(25-4)9-11-19(17)24/h7-13,20-22H,1H2,2-6H3. The summed E-state index contributed by atoms with van der Waals surface area (Å²) in [5, 5.41) is 0. The minimum Gasteiger partial charge on any atom is -0.497 e. The number of hydrogen-bond donors (Lipinski definition) is 0. The van der Waals surface area contributed by atoms with Crippen LogP contribution in [-0.4, -0.2) is 27.6 Å². The van der Waals surface area contributed by atoms with Crippen LogP contribution < -0.4 is 4.74 Å². The Hall–Kier alpha value is -2.21. The predicted molar refractivity (Wildman–Crippen MR) is 107 cm³/mol. The van der Waals surface area contributed by atoms with Gasteiger partial charge in [-0.15, -0.1) is 6.58 Å². The van der Waals surface area contributed by atoms with Crippen molar-refractivity contribution < 1.29 is 23.3 Å². The lowest BCUT2D eigenvalue weighted by atomic mass is 9.79. The summed E-state index contributed by atoms with van der Waals surface area (Å²) in [6.07, 6.45) is 1.15. The number of rotatable bonds is 8. The van der Waals surface area contributed by atoms with Crippen LogP contribution in [0.5, 0.6) is 5.75 Å². The van der Waals surface area contributed by atoms with E-state index in [1.54, 1.807) is 33.5 Å². The largest absolute Gasteiger partial charge is 0.497 e. The molecule has 1 aliphatic heterocycles. The van der Waals surface area contributed by atoms with E-state index in [1.807, 2.05) is 38.1 Å². The molecule has 3 unspecified atom stereocenters. The maximum Gasteiger partial charge on any atom is 0.188 e. The highest BCUT2D eigenvalue weighted by molar-refractivity contribution is 5.71. The summed E-state index contributed by atoms with van der Waals surface area (Å²) < 4.78 is 36.7. The third kappa shape index (κ3) is 3.83. The van der Waals surface area contributed by atoms with Gasteiger partial charge in [-0.2, -0.15) is 0 Å². The molecule has 3 rings (SSSR count). The van der Waals surface area contributed by atoms with Gasteiger partial charge in [-0.3, -0.25) is 0 Å². The minimum atomic E-state index is -0.372. The Morgan fingerprint density at radius 2 is 1.86 bits per heavy atom. The molecule has 4 nitrogen and oxygen atoms in total. The van der Waals surface area contributed by atoms with Gasteiger partial charge in [-0.25, -0.2) is 4.39 Å². The first-order chi connectivity index (χ1) is 13.4. The Morgan fingerprint density at radius 3 is 2.43 bits per heavy atom. The topological polar surface area (TPSA) is 40.2 Å². The van der Waals surface area contributed by atoms with Crippen LogP contribution in [0, 0.1) is 11.2 Å². The Kier molecular flexibility index (Phi) is 5.89. The molecule has 2 aromatic rings. The van der Waals surface area contributed by atoms with Gasteiger partial charge < -0.3 is 18.9 Å². The lowest BCUT2D eigenvalue weighted by molar-refractivity contribution is 0.0306.